The number of hydrogen-bond donors (Lipinski definition) is 3. The van der Waals surface area contributed by atoms with Crippen molar-refractivity contribution in [2.24, 2.45) is 0 Å². The van der Waals surface area contributed by atoms with Crippen LogP contribution in [0.25, 0.3) is 10.2 Å². The van der Waals surface area contributed by atoms with Crippen molar-refractivity contribution < 1.29 is 19.1 Å². The summed E-state index contributed by atoms with van der Waals surface area (Å²) in [6, 6.07) is 10.6. The van der Waals surface area contributed by atoms with E-state index >= 15 is 0 Å². The molecule has 0 unspecified atom stereocenters. The molecule has 3 atom stereocenters. The maximum atomic E-state index is 12.9. The first-order chi connectivity index (χ1) is 14.5. The Kier molecular flexibility index (Phi) is 4.75. The number of rotatable bonds is 4. The van der Waals surface area contributed by atoms with Crippen molar-refractivity contribution >= 4 is 50.9 Å². The highest BCUT2D eigenvalue weighted by Gasteiger charge is 2.38. The number of carbonyl (C=O) groups excluding carboxylic acids is 3. The third-order valence-electron chi connectivity index (χ3n) is 5.55. The Hall–Kier alpha value is -2.84. The Morgan fingerprint density at radius 1 is 1.20 bits per heavy atom. The lowest BCUT2D eigenvalue weighted by atomic mass is 10.1. The molecule has 1 aliphatic heterocycles. The molecule has 30 heavy (non-hydrogen) atoms. The van der Waals surface area contributed by atoms with Crippen molar-refractivity contribution in [3.05, 3.63) is 57.6 Å². The smallest absolute Gasteiger partial charge is 0.306 e. The summed E-state index contributed by atoms with van der Waals surface area (Å²) in [5, 5.41) is 6.91. The number of esters is 1. The first-order valence-electron chi connectivity index (χ1n) is 9.64. The van der Waals surface area contributed by atoms with Gasteiger partial charge in [0.25, 0.3) is 11.8 Å². The van der Waals surface area contributed by atoms with Crippen molar-refractivity contribution in [1.29, 1.82) is 0 Å². The quantitative estimate of drug-likeness (QED) is 0.539. The van der Waals surface area contributed by atoms with Crippen LogP contribution in [0.1, 0.15) is 40.5 Å². The van der Waals surface area contributed by atoms with Crippen molar-refractivity contribution in [3.8, 4) is 0 Å². The van der Waals surface area contributed by atoms with Crippen molar-refractivity contribution in [2.75, 3.05) is 0 Å². The molecule has 0 radical (unpaired) electrons. The number of aromatic nitrogens is 1. The maximum Gasteiger partial charge on any atom is 0.306 e. The van der Waals surface area contributed by atoms with E-state index in [-0.39, 0.29) is 30.2 Å². The van der Waals surface area contributed by atoms with Gasteiger partial charge in [0.05, 0.1) is 16.4 Å². The number of nitrogens with one attached hydrogen (secondary N) is 3. The van der Waals surface area contributed by atoms with Crippen LogP contribution >= 0.6 is 22.9 Å². The fourth-order valence-corrected chi connectivity index (χ4v) is 5.25. The lowest BCUT2D eigenvalue weighted by molar-refractivity contribution is -0.148. The van der Waals surface area contributed by atoms with Gasteiger partial charge in [-0.1, -0.05) is 35.9 Å². The zero-order chi connectivity index (χ0) is 20.8. The summed E-state index contributed by atoms with van der Waals surface area (Å²) < 4.78 is 5.75. The predicted molar refractivity (Wildman–Crippen MR) is 113 cm³/mol. The van der Waals surface area contributed by atoms with E-state index in [0.717, 1.165) is 21.3 Å². The highest BCUT2D eigenvalue weighted by atomic mass is 35.5. The minimum absolute atomic E-state index is 0.244. The van der Waals surface area contributed by atoms with Gasteiger partial charge in [0.1, 0.15) is 10.5 Å². The van der Waals surface area contributed by atoms with Crippen LogP contribution in [0.3, 0.4) is 0 Å². The predicted octanol–water partition coefficient (Wildman–Crippen LogP) is 3.10. The highest BCUT2D eigenvalue weighted by Crippen LogP contribution is 2.33. The van der Waals surface area contributed by atoms with E-state index in [2.05, 4.69) is 15.6 Å². The summed E-state index contributed by atoms with van der Waals surface area (Å²) in [7, 11) is 0. The number of ether oxygens (including phenoxy) is 1. The Bertz CT molecular complexity index is 1140. The van der Waals surface area contributed by atoms with Gasteiger partial charge in [-0.25, -0.2) is 0 Å². The average Bonchev–Trinajstić information content (AvgIpc) is 3.45. The van der Waals surface area contributed by atoms with Gasteiger partial charge in [-0.2, -0.15) is 0 Å². The van der Waals surface area contributed by atoms with Crippen LogP contribution in [0.2, 0.25) is 4.34 Å². The van der Waals surface area contributed by atoms with Crippen LogP contribution in [0.5, 0.6) is 0 Å². The molecular weight excluding hydrogens is 426 g/mol. The lowest BCUT2D eigenvalue weighted by Gasteiger charge is -2.24. The molecule has 3 aromatic rings. The molecule has 2 amide bonds. The summed E-state index contributed by atoms with van der Waals surface area (Å²) in [6.45, 7) is 0. The molecule has 0 saturated carbocycles. The van der Waals surface area contributed by atoms with E-state index in [0.29, 0.717) is 22.9 Å². The molecule has 154 valence electrons. The van der Waals surface area contributed by atoms with Gasteiger partial charge in [0.15, 0.2) is 6.10 Å². The SMILES string of the molecule is O=C1CC[C@@H](C(=O)N[C@@H]2c3ccccc3C[C@H]2NC(=O)c2cc3cc(Cl)sc3[nH]2)O1. The largest absolute Gasteiger partial charge is 0.452 e. The second kappa shape index (κ2) is 7.45. The summed E-state index contributed by atoms with van der Waals surface area (Å²) in [4.78, 5) is 40.8. The minimum Gasteiger partial charge on any atom is -0.452 e. The van der Waals surface area contributed by atoms with E-state index < -0.39 is 12.1 Å². The van der Waals surface area contributed by atoms with Crippen LogP contribution in [0, 0.1) is 0 Å². The zero-order valence-electron chi connectivity index (χ0n) is 15.7. The third kappa shape index (κ3) is 3.46. The van der Waals surface area contributed by atoms with Crippen LogP contribution in [-0.4, -0.2) is 34.9 Å². The Morgan fingerprint density at radius 3 is 2.80 bits per heavy atom. The van der Waals surface area contributed by atoms with Crippen LogP contribution in [-0.2, 0) is 20.7 Å². The first-order valence-corrected chi connectivity index (χ1v) is 10.8. The number of aromatic amines is 1. The second-order valence-corrected chi connectivity index (χ2v) is 9.19. The molecule has 0 spiro atoms. The number of benzene rings is 1. The number of fused-ring (bicyclic) bond motifs is 2. The van der Waals surface area contributed by atoms with E-state index in [1.807, 2.05) is 30.3 Å². The number of cyclic esters (lactones) is 1. The Balaban J connectivity index is 1.35. The molecule has 7 nitrogen and oxygen atoms in total. The van der Waals surface area contributed by atoms with Gasteiger partial charge in [-0.15, -0.1) is 11.3 Å². The molecule has 9 heteroatoms. The molecule has 1 aromatic carbocycles. The molecule has 2 aliphatic rings. The number of halogens is 1. The minimum atomic E-state index is -0.776. The van der Waals surface area contributed by atoms with Crippen molar-refractivity contribution in [1.82, 2.24) is 15.6 Å². The number of amides is 2. The van der Waals surface area contributed by atoms with Crippen molar-refractivity contribution in [3.63, 3.8) is 0 Å². The maximum absolute atomic E-state index is 12.9. The van der Waals surface area contributed by atoms with Gasteiger partial charge >= 0.3 is 5.97 Å². The highest BCUT2D eigenvalue weighted by molar-refractivity contribution is 7.22. The number of H-pyrrole nitrogens is 1. The molecule has 3 N–H and O–H groups in total. The van der Waals surface area contributed by atoms with E-state index in [1.54, 1.807) is 6.07 Å². The third-order valence-corrected chi connectivity index (χ3v) is 6.74. The molecular formula is C21H18ClN3O4S. The number of thiophene rings is 1. The lowest BCUT2D eigenvalue weighted by Crippen LogP contribution is -2.46. The van der Waals surface area contributed by atoms with Crippen LogP contribution < -0.4 is 10.6 Å². The average molecular weight is 444 g/mol. The van der Waals surface area contributed by atoms with E-state index in [4.69, 9.17) is 16.3 Å². The molecule has 1 saturated heterocycles. The standard InChI is InChI=1S/C21H18ClN3O4S/c22-16-9-11-8-14(24-21(11)30-16)19(27)23-13-7-10-3-1-2-4-12(10)18(13)25-20(28)15-5-6-17(26)29-15/h1-4,8-9,13,15,18,24H,5-7H2,(H,23,27)(H,25,28)/t13-,15+,18-/m1/s1. The fraction of sp³-hybridized carbons (Fsp3) is 0.286. The molecule has 5 rings (SSSR count). The molecule has 1 aliphatic carbocycles. The number of hydrogen-bond acceptors (Lipinski definition) is 5. The topological polar surface area (TPSA) is 100 Å². The summed E-state index contributed by atoms with van der Waals surface area (Å²) in [5.74, 6) is -0.950. The van der Waals surface area contributed by atoms with Gasteiger partial charge < -0.3 is 20.4 Å². The van der Waals surface area contributed by atoms with Gasteiger partial charge in [-0.3, -0.25) is 14.4 Å². The van der Waals surface area contributed by atoms with Crippen LogP contribution in [0.15, 0.2) is 36.4 Å². The Labute approximate surface area is 180 Å². The van der Waals surface area contributed by atoms with Crippen molar-refractivity contribution in [2.45, 2.75) is 37.5 Å². The van der Waals surface area contributed by atoms with Crippen LogP contribution in [0.4, 0.5) is 0 Å². The molecule has 2 aromatic heterocycles. The van der Waals surface area contributed by atoms with Gasteiger partial charge in [-0.05, 0) is 29.7 Å². The molecule has 3 heterocycles. The second-order valence-electron chi connectivity index (χ2n) is 7.50. The van der Waals surface area contributed by atoms with E-state index in [1.165, 1.54) is 11.3 Å². The summed E-state index contributed by atoms with van der Waals surface area (Å²) in [5.41, 5.74) is 2.47. The van der Waals surface area contributed by atoms with E-state index in [9.17, 15) is 14.4 Å². The van der Waals surface area contributed by atoms with Gasteiger partial charge in [0.2, 0.25) is 0 Å². The fourth-order valence-electron chi connectivity index (χ4n) is 4.12. The molecule has 0 bridgehead atoms. The number of carbonyl (C=O) groups is 3. The Morgan fingerprint density at radius 2 is 2.03 bits per heavy atom. The summed E-state index contributed by atoms with van der Waals surface area (Å²) in [6.07, 6.45) is 0.435. The normalized spacial score (nSPS) is 22.7. The zero-order valence-corrected chi connectivity index (χ0v) is 17.3. The monoisotopic (exact) mass is 443 g/mol. The van der Waals surface area contributed by atoms with Gasteiger partial charge in [0, 0.05) is 18.2 Å². The summed E-state index contributed by atoms with van der Waals surface area (Å²) >= 11 is 7.38. The molecule has 1 fully saturated rings. The first kappa shape index (κ1) is 19.1.